The van der Waals surface area contributed by atoms with E-state index >= 15 is 0 Å². The molecule has 2 atom stereocenters. The van der Waals surface area contributed by atoms with Gasteiger partial charge in [0.25, 0.3) is 0 Å². The van der Waals surface area contributed by atoms with Crippen molar-refractivity contribution in [2.45, 2.75) is 25.8 Å². The minimum absolute atomic E-state index is 0.289. The van der Waals surface area contributed by atoms with E-state index in [1.807, 2.05) is 24.3 Å². The summed E-state index contributed by atoms with van der Waals surface area (Å²) in [5.41, 5.74) is 1.48. The van der Waals surface area contributed by atoms with Gasteiger partial charge in [-0.3, -0.25) is 9.69 Å². The molecule has 1 aromatic heterocycles. The Hall–Kier alpha value is -1.92. The molecule has 5 nitrogen and oxygen atoms in total. The van der Waals surface area contributed by atoms with Crippen LogP contribution in [0, 0.1) is 11.3 Å². The molecule has 0 radical (unpaired) electrons. The van der Waals surface area contributed by atoms with Crippen molar-refractivity contribution < 1.29 is 14.6 Å². The van der Waals surface area contributed by atoms with Crippen LogP contribution in [0.25, 0.3) is 10.6 Å². The molecular weight excluding hydrogens is 336 g/mol. The first-order valence-electron chi connectivity index (χ1n) is 8.66. The van der Waals surface area contributed by atoms with Crippen LogP contribution in [0.3, 0.4) is 0 Å². The fraction of sp³-hybridized carbons (Fsp3) is 0.474. The zero-order valence-electron chi connectivity index (χ0n) is 14.3. The molecule has 2 aliphatic rings. The SMILES string of the molecule is COc1ccccc1-c1nc(CN2C[C@@H]3CCC[C@@]3(C(=O)O)C2)cs1. The Labute approximate surface area is 151 Å². The van der Waals surface area contributed by atoms with Gasteiger partial charge in [-0.05, 0) is 30.9 Å². The van der Waals surface area contributed by atoms with Gasteiger partial charge in [0, 0.05) is 25.0 Å². The maximum absolute atomic E-state index is 11.8. The van der Waals surface area contributed by atoms with E-state index < -0.39 is 11.4 Å². The number of fused-ring (bicyclic) bond motifs is 1. The lowest BCUT2D eigenvalue weighted by molar-refractivity contribution is -0.149. The maximum atomic E-state index is 11.8. The van der Waals surface area contributed by atoms with E-state index in [0.717, 1.165) is 54.4 Å². The molecule has 0 unspecified atom stereocenters. The molecule has 2 fully saturated rings. The summed E-state index contributed by atoms with van der Waals surface area (Å²) >= 11 is 1.61. The van der Waals surface area contributed by atoms with Crippen LogP contribution in [0.1, 0.15) is 25.0 Å². The largest absolute Gasteiger partial charge is 0.496 e. The summed E-state index contributed by atoms with van der Waals surface area (Å²) in [4.78, 5) is 18.8. The van der Waals surface area contributed by atoms with Gasteiger partial charge in [0.05, 0.1) is 23.8 Å². The van der Waals surface area contributed by atoms with E-state index in [1.165, 1.54) is 0 Å². The predicted molar refractivity (Wildman–Crippen MR) is 96.8 cm³/mol. The summed E-state index contributed by atoms with van der Waals surface area (Å²) in [6.07, 6.45) is 2.89. The number of rotatable bonds is 5. The zero-order chi connectivity index (χ0) is 17.4. The molecule has 1 N–H and O–H groups in total. The fourth-order valence-electron chi connectivity index (χ4n) is 4.42. The summed E-state index contributed by atoms with van der Waals surface area (Å²) in [6.45, 7) is 2.24. The summed E-state index contributed by atoms with van der Waals surface area (Å²) in [6, 6.07) is 7.89. The molecule has 0 spiro atoms. The van der Waals surface area contributed by atoms with Gasteiger partial charge in [-0.25, -0.2) is 4.98 Å². The van der Waals surface area contributed by atoms with E-state index in [0.29, 0.717) is 6.54 Å². The minimum Gasteiger partial charge on any atom is -0.496 e. The number of aliphatic carboxylic acids is 1. The lowest BCUT2D eigenvalue weighted by Crippen LogP contribution is -2.35. The Bertz CT molecular complexity index is 790. The molecule has 2 heterocycles. The highest BCUT2D eigenvalue weighted by Gasteiger charge is 2.54. The number of hydrogen-bond donors (Lipinski definition) is 1. The molecule has 0 bridgehead atoms. The standard InChI is InChI=1S/C19H22N2O3S/c1-24-16-7-3-2-6-15(16)17-20-14(11-25-17)10-21-9-13-5-4-8-19(13,12-21)18(22)23/h2-3,6-7,11,13H,4-5,8-10,12H2,1H3,(H,22,23)/t13-,19+/m0/s1. The Balaban J connectivity index is 1.50. The smallest absolute Gasteiger partial charge is 0.311 e. The maximum Gasteiger partial charge on any atom is 0.311 e. The van der Waals surface area contributed by atoms with E-state index in [4.69, 9.17) is 9.72 Å². The Morgan fingerprint density at radius 1 is 1.48 bits per heavy atom. The molecule has 1 aromatic carbocycles. The molecule has 1 saturated carbocycles. The molecule has 2 aromatic rings. The third kappa shape index (κ3) is 2.83. The van der Waals surface area contributed by atoms with Crippen LogP contribution in [0.4, 0.5) is 0 Å². The second-order valence-corrected chi connectivity index (χ2v) is 7.92. The van der Waals surface area contributed by atoms with Crippen molar-refractivity contribution in [3.63, 3.8) is 0 Å². The third-order valence-corrected chi connectivity index (χ3v) is 6.57. The van der Waals surface area contributed by atoms with Crippen molar-refractivity contribution >= 4 is 17.3 Å². The molecule has 25 heavy (non-hydrogen) atoms. The number of likely N-dealkylation sites (tertiary alicyclic amines) is 1. The van der Waals surface area contributed by atoms with E-state index in [2.05, 4.69) is 10.3 Å². The first-order valence-corrected chi connectivity index (χ1v) is 9.54. The van der Waals surface area contributed by atoms with Gasteiger partial charge in [0.15, 0.2) is 0 Å². The van der Waals surface area contributed by atoms with Crippen molar-refractivity contribution in [2.24, 2.45) is 11.3 Å². The first-order chi connectivity index (χ1) is 12.1. The average molecular weight is 358 g/mol. The number of para-hydroxylation sites is 1. The highest BCUT2D eigenvalue weighted by molar-refractivity contribution is 7.13. The Morgan fingerprint density at radius 2 is 2.32 bits per heavy atom. The van der Waals surface area contributed by atoms with Crippen molar-refractivity contribution in [3.05, 3.63) is 35.3 Å². The third-order valence-electron chi connectivity index (χ3n) is 5.64. The molecule has 1 aliphatic heterocycles. The van der Waals surface area contributed by atoms with Crippen molar-refractivity contribution in [1.29, 1.82) is 0 Å². The number of benzene rings is 1. The van der Waals surface area contributed by atoms with Crippen molar-refractivity contribution in [1.82, 2.24) is 9.88 Å². The van der Waals surface area contributed by atoms with Crippen molar-refractivity contribution in [2.75, 3.05) is 20.2 Å². The lowest BCUT2D eigenvalue weighted by atomic mass is 9.81. The van der Waals surface area contributed by atoms with E-state index in [1.54, 1.807) is 18.4 Å². The topological polar surface area (TPSA) is 62.7 Å². The quantitative estimate of drug-likeness (QED) is 0.886. The van der Waals surface area contributed by atoms with Crippen LogP contribution in [0.5, 0.6) is 5.75 Å². The molecule has 6 heteroatoms. The fourth-order valence-corrected chi connectivity index (χ4v) is 5.26. The summed E-state index contributed by atoms with van der Waals surface area (Å²) < 4.78 is 5.42. The van der Waals surface area contributed by atoms with Gasteiger partial charge in [-0.1, -0.05) is 18.6 Å². The van der Waals surface area contributed by atoms with Crippen LogP contribution in [0.15, 0.2) is 29.6 Å². The number of nitrogens with zero attached hydrogens (tertiary/aromatic N) is 2. The number of aromatic nitrogens is 1. The van der Waals surface area contributed by atoms with Crippen molar-refractivity contribution in [3.8, 4) is 16.3 Å². The van der Waals surface area contributed by atoms with Gasteiger partial charge in [0.1, 0.15) is 10.8 Å². The molecule has 0 amide bonds. The minimum atomic E-state index is -0.620. The van der Waals surface area contributed by atoms with Gasteiger partial charge < -0.3 is 9.84 Å². The van der Waals surface area contributed by atoms with Gasteiger partial charge in [0.2, 0.25) is 0 Å². The van der Waals surface area contributed by atoms with Crippen LogP contribution in [-0.2, 0) is 11.3 Å². The number of carbonyl (C=O) groups is 1. The van der Waals surface area contributed by atoms with Crippen LogP contribution < -0.4 is 4.74 Å². The second-order valence-electron chi connectivity index (χ2n) is 7.06. The molecule has 1 saturated heterocycles. The molecule has 1 aliphatic carbocycles. The summed E-state index contributed by atoms with van der Waals surface area (Å²) in [5, 5.41) is 12.7. The normalized spacial score (nSPS) is 25.9. The summed E-state index contributed by atoms with van der Waals surface area (Å²) in [5.74, 6) is 0.492. The Kier molecular flexibility index (Phi) is 4.25. The van der Waals surface area contributed by atoms with Crippen LogP contribution >= 0.6 is 11.3 Å². The monoisotopic (exact) mass is 358 g/mol. The van der Waals surface area contributed by atoms with Gasteiger partial charge >= 0.3 is 5.97 Å². The number of carboxylic acid groups (broad SMARTS) is 1. The number of ether oxygens (including phenoxy) is 1. The van der Waals surface area contributed by atoms with Crippen LogP contribution in [-0.4, -0.2) is 41.2 Å². The number of hydrogen-bond acceptors (Lipinski definition) is 5. The average Bonchev–Trinajstić information content (AvgIpc) is 3.29. The number of methoxy groups -OCH3 is 1. The van der Waals surface area contributed by atoms with Gasteiger partial charge in [-0.2, -0.15) is 0 Å². The number of carboxylic acids is 1. The highest BCUT2D eigenvalue weighted by Crippen LogP contribution is 2.49. The van der Waals surface area contributed by atoms with Crippen LogP contribution in [0.2, 0.25) is 0 Å². The van der Waals surface area contributed by atoms with Gasteiger partial charge in [-0.15, -0.1) is 11.3 Å². The molecule has 4 rings (SSSR count). The zero-order valence-corrected chi connectivity index (χ0v) is 15.1. The molecular formula is C19H22N2O3S. The predicted octanol–water partition coefficient (Wildman–Crippen LogP) is 3.51. The number of thiazole rings is 1. The van der Waals surface area contributed by atoms with E-state index in [9.17, 15) is 9.90 Å². The summed E-state index contributed by atoms with van der Waals surface area (Å²) in [7, 11) is 1.67. The highest BCUT2D eigenvalue weighted by atomic mass is 32.1. The molecule has 132 valence electrons. The van der Waals surface area contributed by atoms with E-state index in [-0.39, 0.29) is 5.92 Å². The lowest BCUT2D eigenvalue weighted by Gasteiger charge is -2.23. The second kappa shape index (κ2) is 6.42. The first kappa shape index (κ1) is 16.5. The Morgan fingerprint density at radius 3 is 3.08 bits per heavy atom.